The predicted octanol–water partition coefficient (Wildman–Crippen LogP) is 5.78. The fraction of sp³-hybridized carbons (Fsp3) is 0.938. The Hall–Kier alpha value is -0.553. The molecule has 0 aliphatic rings. The van der Waals surface area contributed by atoms with E-state index in [1.54, 1.807) is 0 Å². The maximum Gasteiger partial charge on any atom is 1.00 e. The van der Waals surface area contributed by atoms with Gasteiger partial charge in [-0.05, 0) is 12.8 Å². The quantitative estimate of drug-likeness (QED) is 0.0447. The number of hydrogen-bond acceptors (Lipinski definition) is 7. The van der Waals surface area contributed by atoms with E-state index in [1.165, 1.54) is 103 Å². The molecule has 0 aromatic rings. The first-order valence-corrected chi connectivity index (χ1v) is 18.1. The van der Waals surface area contributed by atoms with Gasteiger partial charge in [0.25, 0.3) is 0 Å². The summed E-state index contributed by atoms with van der Waals surface area (Å²) >= 11 is 0. The molecule has 0 amide bonds. The van der Waals surface area contributed by atoms with Crippen LogP contribution in [0, 0.1) is 0 Å². The van der Waals surface area contributed by atoms with Crippen LogP contribution in [0.25, 0.3) is 0 Å². The van der Waals surface area contributed by atoms with Gasteiger partial charge in [0.2, 0.25) is 0 Å². The molecule has 41 heavy (non-hydrogen) atoms. The smallest absolute Gasteiger partial charge is 0.747 e. The van der Waals surface area contributed by atoms with Crippen LogP contribution >= 0.6 is 0 Å². The Labute approximate surface area is 265 Å². The van der Waals surface area contributed by atoms with E-state index >= 15 is 0 Å². The van der Waals surface area contributed by atoms with Crippen LogP contribution in [0.2, 0.25) is 0 Å². The van der Waals surface area contributed by atoms with Crippen LogP contribution in [0.5, 0.6) is 0 Å². The molecule has 7 nitrogen and oxygen atoms in total. The zero-order valence-electron chi connectivity index (χ0n) is 26.9. The molecule has 0 saturated heterocycles. The number of unbranched alkanes of at least 4 members (excludes halogenated alkanes) is 22. The van der Waals surface area contributed by atoms with Gasteiger partial charge in [-0.1, -0.05) is 155 Å². The fourth-order valence-corrected chi connectivity index (χ4v) is 5.50. The van der Waals surface area contributed by atoms with E-state index in [0.29, 0.717) is 12.8 Å². The summed E-state index contributed by atoms with van der Waals surface area (Å²) in [4.78, 5) is 24.3. The molecule has 0 saturated carbocycles. The standard InChI is InChI=1S/C32H62O7S.Li/c1-3-5-7-9-11-13-15-17-19-21-23-25-27-38-31(33)29-30(40(35,36)37)32(34)39-28-26-24-22-20-18-16-14-12-10-8-6-4-2;/h30H,3-29H2,1-2H3,(H,35,36,37);/q;+1/p-1. The summed E-state index contributed by atoms with van der Waals surface area (Å²) < 4.78 is 44.8. The minimum atomic E-state index is -5.01. The van der Waals surface area contributed by atoms with Gasteiger partial charge in [-0.3, -0.25) is 9.59 Å². The summed E-state index contributed by atoms with van der Waals surface area (Å²) in [7, 11) is -5.01. The Morgan fingerprint density at radius 3 is 1.15 bits per heavy atom. The van der Waals surface area contributed by atoms with Crippen molar-refractivity contribution in [2.45, 2.75) is 180 Å². The van der Waals surface area contributed by atoms with Crippen molar-refractivity contribution in [1.82, 2.24) is 0 Å². The van der Waals surface area contributed by atoms with E-state index in [2.05, 4.69) is 13.8 Å². The van der Waals surface area contributed by atoms with Gasteiger partial charge in [0.15, 0.2) is 5.25 Å². The first-order valence-electron chi connectivity index (χ1n) is 16.6. The zero-order chi connectivity index (χ0) is 29.7. The summed E-state index contributed by atoms with van der Waals surface area (Å²) in [6.07, 6.45) is 27.4. The Bertz CT molecular complexity index is 700. The van der Waals surface area contributed by atoms with Gasteiger partial charge >= 0.3 is 30.8 Å². The second-order valence-electron chi connectivity index (χ2n) is 11.4. The maximum absolute atomic E-state index is 12.2. The predicted molar refractivity (Wildman–Crippen MR) is 162 cm³/mol. The molecule has 1 atom stereocenters. The van der Waals surface area contributed by atoms with Crippen LogP contribution in [0.1, 0.15) is 174 Å². The van der Waals surface area contributed by atoms with Crippen LogP contribution in [-0.2, 0) is 29.2 Å². The molecule has 0 aliphatic heterocycles. The monoisotopic (exact) mass is 596 g/mol. The molecule has 0 aromatic carbocycles. The van der Waals surface area contributed by atoms with Crippen molar-refractivity contribution in [2.75, 3.05) is 13.2 Å². The molecule has 0 bridgehead atoms. The second-order valence-corrected chi connectivity index (χ2v) is 12.9. The first-order chi connectivity index (χ1) is 19.3. The first kappa shape index (κ1) is 42.6. The van der Waals surface area contributed by atoms with Crippen molar-refractivity contribution in [2.24, 2.45) is 0 Å². The Balaban J connectivity index is 0. The molecule has 0 N–H and O–H groups in total. The summed E-state index contributed by atoms with van der Waals surface area (Å²) in [5.74, 6) is -2.00. The van der Waals surface area contributed by atoms with Gasteiger partial charge in [-0.25, -0.2) is 8.42 Å². The Kier molecular flexibility index (Phi) is 32.1. The molecule has 0 aliphatic carbocycles. The third kappa shape index (κ3) is 29.3. The van der Waals surface area contributed by atoms with Crippen molar-refractivity contribution < 1.29 is 50.9 Å². The minimum Gasteiger partial charge on any atom is -0.747 e. The van der Waals surface area contributed by atoms with E-state index in [0.717, 1.165) is 38.5 Å². The van der Waals surface area contributed by atoms with Crippen LogP contribution < -0.4 is 18.9 Å². The average Bonchev–Trinajstić information content (AvgIpc) is 2.91. The van der Waals surface area contributed by atoms with Crippen molar-refractivity contribution >= 4 is 22.1 Å². The number of hydrogen-bond donors (Lipinski definition) is 0. The number of carbonyl (C=O) groups excluding carboxylic acids is 2. The molecular weight excluding hydrogens is 535 g/mol. The van der Waals surface area contributed by atoms with E-state index < -0.39 is 33.7 Å². The van der Waals surface area contributed by atoms with Gasteiger partial charge in [0.1, 0.15) is 10.1 Å². The summed E-state index contributed by atoms with van der Waals surface area (Å²) in [6, 6.07) is 0. The Morgan fingerprint density at radius 1 is 0.537 bits per heavy atom. The SMILES string of the molecule is CCCCCCCCCCCCCCOC(=O)CC(C(=O)OCCCCCCCCCCCCCC)S(=O)(=O)[O-].[Li+]. The van der Waals surface area contributed by atoms with E-state index in [-0.39, 0.29) is 32.1 Å². The maximum atomic E-state index is 12.2. The average molecular weight is 597 g/mol. The van der Waals surface area contributed by atoms with Crippen LogP contribution in [-0.4, -0.2) is 43.4 Å². The van der Waals surface area contributed by atoms with Gasteiger partial charge < -0.3 is 14.0 Å². The summed E-state index contributed by atoms with van der Waals surface area (Å²) in [5.41, 5.74) is 0. The molecule has 0 radical (unpaired) electrons. The van der Waals surface area contributed by atoms with E-state index in [9.17, 15) is 22.6 Å². The largest absolute Gasteiger partial charge is 1.00 e. The molecule has 0 spiro atoms. The minimum absolute atomic E-state index is 0. The number of esters is 2. The molecule has 0 rings (SSSR count). The van der Waals surface area contributed by atoms with Crippen molar-refractivity contribution in [3.05, 3.63) is 0 Å². The van der Waals surface area contributed by atoms with Crippen LogP contribution in [0.3, 0.4) is 0 Å². The van der Waals surface area contributed by atoms with Gasteiger partial charge in [0.05, 0.1) is 19.6 Å². The number of rotatable bonds is 30. The molecule has 0 fully saturated rings. The van der Waals surface area contributed by atoms with Crippen molar-refractivity contribution in [3.8, 4) is 0 Å². The molecule has 9 heteroatoms. The number of carbonyl (C=O) groups is 2. The summed E-state index contributed by atoms with van der Waals surface area (Å²) in [6.45, 7) is 4.67. The number of ether oxygens (including phenoxy) is 2. The molecule has 1 unspecified atom stereocenters. The van der Waals surface area contributed by atoms with Crippen molar-refractivity contribution in [3.63, 3.8) is 0 Å². The normalized spacial score (nSPS) is 12.1. The van der Waals surface area contributed by atoms with Crippen LogP contribution in [0.4, 0.5) is 0 Å². The second kappa shape index (κ2) is 30.9. The third-order valence-electron chi connectivity index (χ3n) is 7.47. The molecule has 0 aromatic heterocycles. The third-order valence-corrected chi connectivity index (χ3v) is 8.52. The topological polar surface area (TPSA) is 110 Å². The van der Waals surface area contributed by atoms with Crippen molar-refractivity contribution in [1.29, 1.82) is 0 Å². The van der Waals surface area contributed by atoms with E-state index in [4.69, 9.17) is 9.47 Å². The fourth-order valence-electron chi connectivity index (χ4n) is 4.85. The summed E-state index contributed by atoms with van der Waals surface area (Å²) in [5, 5.41) is -2.04. The molecule has 0 heterocycles. The zero-order valence-corrected chi connectivity index (χ0v) is 27.8. The van der Waals surface area contributed by atoms with E-state index in [1.807, 2.05) is 0 Å². The molecule has 238 valence electrons. The van der Waals surface area contributed by atoms with Crippen LogP contribution in [0.15, 0.2) is 0 Å². The van der Waals surface area contributed by atoms with Gasteiger partial charge in [-0.2, -0.15) is 0 Å². The van der Waals surface area contributed by atoms with Gasteiger partial charge in [-0.15, -0.1) is 0 Å². The molecular formula is C32H61LiO7S. The van der Waals surface area contributed by atoms with Gasteiger partial charge in [0, 0.05) is 0 Å². The Morgan fingerprint density at radius 2 is 0.829 bits per heavy atom.